The van der Waals surface area contributed by atoms with Crippen molar-refractivity contribution in [3.05, 3.63) is 0 Å². The number of hydrogen-bond acceptors (Lipinski definition) is 4. The predicted molar refractivity (Wildman–Crippen MR) is 63.6 cm³/mol. The molecule has 0 bridgehead atoms. The zero-order valence-electron chi connectivity index (χ0n) is 10.5. The van der Waals surface area contributed by atoms with Gasteiger partial charge in [0.15, 0.2) is 0 Å². The van der Waals surface area contributed by atoms with Crippen LogP contribution >= 0.6 is 0 Å². The molecule has 2 N–H and O–H groups in total. The van der Waals surface area contributed by atoms with Crippen molar-refractivity contribution in [2.75, 3.05) is 26.3 Å². The number of likely N-dealkylation sites (tertiary alicyclic amines) is 1. The van der Waals surface area contributed by atoms with Gasteiger partial charge in [-0.2, -0.15) is 0 Å². The van der Waals surface area contributed by atoms with Crippen LogP contribution in [-0.2, 0) is 9.47 Å². The molecule has 0 atom stereocenters. The van der Waals surface area contributed by atoms with Gasteiger partial charge in [0.1, 0.15) is 0 Å². The van der Waals surface area contributed by atoms with E-state index in [1.807, 2.05) is 0 Å². The predicted octanol–water partition coefficient (Wildman–Crippen LogP) is 0.685. The maximum atomic E-state index is 10.7. The number of aliphatic hydroxyl groups is 1. The van der Waals surface area contributed by atoms with Crippen LogP contribution in [0.4, 0.5) is 4.79 Å². The average molecular weight is 259 g/mol. The third kappa shape index (κ3) is 3.57. The first kappa shape index (κ1) is 13.6. The molecule has 104 valence electrons. The van der Waals surface area contributed by atoms with Crippen LogP contribution in [0.3, 0.4) is 0 Å². The van der Waals surface area contributed by atoms with E-state index in [2.05, 4.69) is 0 Å². The van der Waals surface area contributed by atoms with Gasteiger partial charge < -0.3 is 24.6 Å². The van der Waals surface area contributed by atoms with Gasteiger partial charge in [-0.25, -0.2) is 4.79 Å². The molecular formula is C12H21NO5. The van der Waals surface area contributed by atoms with E-state index in [0.717, 1.165) is 25.7 Å². The van der Waals surface area contributed by atoms with Crippen LogP contribution in [0.1, 0.15) is 25.7 Å². The Morgan fingerprint density at radius 3 is 2.39 bits per heavy atom. The minimum absolute atomic E-state index is 0.0652. The number of aliphatic hydroxyl groups excluding tert-OH is 1. The van der Waals surface area contributed by atoms with Gasteiger partial charge in [0.2, 0.25) is 0 Å². The highest BCUT2D eigenvalue weighted by Crippen LogP contribution is 2.29. The maximum Gasteiger partial charge on any atom is 0.407 e. The molecule has 1 amide bonds. The van der Waals surface area contributed by atoms with E-state index in [1.54, 1.807) is 0 Å². The van der Waals surface area contributed by atoms with Crippen molar-refractivity contribution < 1.29 is 24.5 Å². The third-order valence-electron chi connectivity index (χ3n) is 3.59. The topological polar surface area (TPSA) is 79.2 Å². The van der Waals surface area contributed by atoms with Gasteiger partial charge in [-0.3, -0.25) is 0 Å². The normalized spacial score (nSPS) is 29.1. The summed E-state index contributed by atoms with van der Waals surface area (Å²) in [6, 6.07) is 0. The SMILES string of the molecule is O=C(O)N1CCC(OC2CC(OCCO)C2)CC1. The molecule has 0 radical (unpaired) electrons. The number of carbonyl (C=O) groups is 1. The number of piperidine rings is 1. The molecule has 2 fully saturated rings. The molecular weight excluding hydrogens is 238 g/mol. The maximum absolute atomic E-state index is 10.7. The number of nitrogens with zero attached hydrogens (tertiary/aromatic N) is 1. The number of rotatable bonds is 5. The number of carboxylic acid groups (broad SMARTS) is 1. The molecule has 1 heterocycles. The van der Waals surface area contributed by atoms with Crippen molar-refractivity contribution in [1.29, 1.82) is 0 Å². The molecule has 6 nitrogen and oxygen atoms in total. The van der Waals surface area contributed by atoms with Crippen LogP contribution < -0.4 is 0 Å². The largest absolute Gasteiger partial charge is 0.465 e. The Morgan fingerprint density at radius 2 is 1.83 bits per heavy atom. The van der Waals surface area contributed by atoms with E-state index in [-0.39, 0.29) is 24.9 Å². The Hall–Kier alpha value is -0.850. The fourth-order valence-corrected chi connectivity index (χ4v) is 2.44. The third-order valence-corrected chi connectivity index (χ3v) is 3.59. The lowest BCUT2D eigenvalue weighted by atomic mass is 9.91. The van der Waals surface area contributed by atoms with Gasteiger partial charge in [-0.1, -0.05) is 0 Å². The molecule has 6 heteroatoms. The zero-order valence-corrected chi connectivity index (χ0v) is 10.5. The van der Waals surface area contributed by atoms with Gasteiger partial charge in [-0.05, 0) is 25.7 Å². The highest BCUT2D eigenvalue weighted by molar-refractivity contribution is 5.64. The summed E-state index contributed by atoms with van der Waals surface area (Å²) in [6.45, 7) is 1.60. The van der Waals surface area contributed by atoms with Crippen molar-refractivity contribution in [2.45, 2.75) is 44.0 Å². The van der Waals surface area contributed by atoms with E-state index in [9.17, 15) is 4.79 Å². The van der Waals surface area contributed by atoms with E-state index < -0.39 is 6.09 Å². The minimum atomic E-state index is -0.838. The number of amides is 1. The second kappa shape index (κ2) is 6.36. The van der Waals surface area contributed by atoms with Crippen molar-refractivity contribution in [3.8, 4) is 0 Å². The second-order valence-corrected chi connectivity index (χ2v) is 4.91. The first-order valence-electron chi connectivity index (χ1n) is 6.55. The average Bonchev–Trinajstić information content (AvgIpc) is 2.32. The molecule has 1 saturated heterocycles. The van der Waals surface area contributed by atoms with Crippen molar-refractivity contribution in [3.63, 3.8) is 0 Å². The van der Waals surface area contributed by atoms with Crippen molar-refractivity contribution >= 4 is 6.09 Å². The van der Waals surface area contributed by atoms with Gasteiger partial charge in [0, 0.05) is 13.1 Å². The first-order chi connectivity index (χ1) is 8.69. The van der Waals surface area contributed by atoms with Crippen LogP contribution in [-0.4, -0.2) is 65.8 Å². The fourth-order valence-electron chi connectivity index (χ4n) is 2.44. The van der Waals surface area contributed by atoms with Crippen LogP contribution in [0.15, 0.2) is 0 Å². The van der Waals surface area contributed by atoms with Crippen LogP contribution in [0.25, 0.3) is 0 Å². The summed E-state index contributed by atoms with van der Waals surface area (Å²) in [6.07, 6.45) is 3.16. The second-order valence-electron chi connectivity index (χ2n) is 4.91. The van der Waals surface area contributed by atoms with Gasteiger partial charge >= 0.3 is 6.09 Å². The summed E-state index contributed by atoms with van der Waals surface area (Å²) in [5.74, 6) is 0. The summed E-state index contributed by atoms with van der Waals surface area (Å²) >= 11 is 0. The summed E-state index contributed by atoms with van der Waals surface area (Å²) < 4.78 is 11.3. The molecule has 0 aromatic rings. The molecule has 0 spiro atoms. The lowest BCUT2D eigenvalue weighted by molar-refractivity contribution is -0.136. The van der Waals surface area contributed by atoms with Crippen molar-refractivity contribution in [2.24, 2.45) is 0 Å². The van der Waals surface area contributed by atoms with E-state index in [4.69, 9.17) is 19.7 Å². The van der Waals surface area contributed by atoms with E-state index >= 15 is 0 Å². The Morgan fingerprint density at radius 1 is 1.17 bits per heavy atom. The highest BCUT2D eigenvalue weighted by Gasteiger charge is 2.33. The Bertz CT molecular complexity index is 272. The van der Waals surface area contributed by atoms with Gasteiger partial charge in [0.25, 0.3) is 0 Å². The molecule has 0 aromatic carbocycles. The zero-order chi connectivity index (χ0) is 13.0. The Labute approximate surface area is 106 Å². The molecule has 0 aromatic heterocycles. The monoisotopic (exact) mass is 259 g/mol. The highest BCUT2D eigenvalue weighted by atomic mass is 16.5. The lowest BCUT2D eigenvalue weighted by Gasteiger charge is -2.39. The molecule has 2 aliphatic rings. The van der Waals surface area contributed by atoms with Crippen LogP contribution in [0.2, 0.25) is 0 Å². The summed E-state index contributed by atoms with van der Waals surface area (Å²) in [7, 11) is 0. The van der Waals surface area contributed by atoms with E-state index in [0.29, 0.717) is 19.7 Å². The Balaban J connectivity index is 1.58. The number of hydrogen-bond donors (Lipinski definition) is 2. The summed E-state index contributed by atoms with van der Waals surface area (Å²) in [5, 5.41) is 17.5. The van der Waals surface area contributed by atoms with E-state index in [1.165, 1.54) is 4.90 Å². The quantitative estimate of drug-likeness (QED) is 0.759. The lowest BCUT2D eigenvalue weighted by Crippen LogP contribution is -2.44. The van der Waals surface area contributed by atoms with Gasteiger partial charge in [-0.15, -0.1) is 0 Å². The summed E-state index contributed by atoms with van der Waals surface area (Å²) in [5.41, 5.74) is 0. The van der Waals surface area contributed by atoms with Crippen LogP contribution in [0.5, 0.6) is 0 Å². The number of ether oxygens (including phenoxy) is 2. The van der Waals surface area contributed by atoms with Crippen LogP contribution in [0, 0.1) is 0 Å². The molecule has 1 saturated carbocycles. The standard InChI is InChI=1S/C12H21NO5/c14-5-6-17-10-7-11(8-10)18-9-1-3-13(4-2-9)12(15)16/h9-11,14H,1-8H2,(H,15,16). The van der Waals surface area contributed by atoms with Gasteiger partial charge in [0.05, 0.1) is 31.5 Å². The Kier molecular flexibility index (Phi) is 4.79. The molecule has 2 rings (SSSR count). The smallest absolute Gasteiger partial charge is 0.407 e. The molecule has 0 unspecified atom stereocenters. The first-order valence-corrected chi connectivity index (χ1v) is 6.55. The minimum Gasteiger partial charge on any atom is -0.465 e. The summed E-state index contributed by atoms with van der Waals surface area (Å²) in [4.78, 5) is 12.2. The fraction of sp³-hybridized carbons (Fsp3) is 0.917. The van der Waals surface area contributed by atoms with Crippen molar-refractivity contribution in [1.82, 2.24) is 4.90 Å². The molecule has 18 heavy (non-hydrogen) atoms. The molecule has 1 aliphatic heterocycles. The molecule has 1 aliphatic carbocycles.